The molecule has 0 N–H and O–H groups in total. The van der Waals surface area contributed by atoms with Gasteiger partial charge in [-0.15, -0.1) is 0 Å². The molecule has 6 rings (SSSR count). The van der Waals surface area contributed by atoms with Crippen molar-refractivity contribution in [1.82, 2.24) is 0 Å². The third-order valence-electron chi connectivity index (χ3n) is 10.1. The molecule has 2 heterocycles. The van der Waals surface area contributed by atoms with E-state index in [1.807, 2.05) is 0 Å². The van der Waals surface area contributed by atoms with E-state index in [1.54, 1.807) is 0 Å². The van der Waals surface area contributed by atoms with Gasteiger partial charge in [-0.1, -0.05) is 13.8 Å². The van der Waals surface area contributed by atoms with E-state index in [0.717, 1.165) is 36.9 Å². The molecule has 2 aliphatic heterocycles. The van der Waals surface area contributed by atoms with E-state index in [-0.39, 0.29) is 0 Å². The number of rotatable bonds is 0. The van der Waals surface area contributed by atoms with Crippen LogP contribution in [-0.2, 0) is 9.47 Å². The van der Waals surface area contributed by atoms with Crippen LogP contribution in [0.1, 0.15) is 71.6 Å². The molecule has 0 bridgehead atoms. The lowest BCUT2D eigenvalue weighted by Crippen LogP contribution is -2.55. The molecule has 0 amide bonds. The van der Waals surface area contributed by atoms with Gasteiger partial charge in [-0.3, -0.25) is 0 Å². The molecule has 2 saturated heterocycles. The Morgan fingerprint density at radius 2 is 1.57 bits per heavy atom. The minimum Gasteiger partial charge on any atom is -0.370 e. The first kappa shape index (κ1) is 14.1. The molecule has 23 heavy (non-hydrogen) atoms. The highest BCUT2D eigenvalue weighted by Crippen LogP contribution is 2.72. The van der Waals surface area contributed by atoms with Gasteiger partial charge in [0, 0.05) is 5.41 Å². The first-order valence-corrected chi connectivity index (χ1v) is 10.3. The summed E-state index contributed by atoms with van der Waals surface area (Å²) in [6.45, 7) is 7.40. The Balaban J connectivity index is 1.32. The van der Waals surface area contributed by atoms with Crippen molar-refractivity contribution in [2.45, 2.75) is 82.8 Å². The predicted molar refractivity (Wildman–Crippen MR) is 89.1 cm³/mol. The Bertz CT molecular complexity index is 548. The zero-order valence-electron chi connectivity index (χ0n) is 14.9. The lowest BCUT2D eigenvalue weighted by atomic mass is 9.44. The van der Waals surface area contributed by atoms with Crippen molar-refractivity contribution >= 4 is 0 Å². The van der Waals surface area contributed by atoms with Crippen molar-refractivity contribution in [3.05, 3.63) is 0 Å². The van der Waals surface area contributed by atoms with Crippen LogP contribution in [0.15, 0.2) is 0 Å². The van der Waals surface area contributed by atoms with Crippen molar-refractivity contribution in [3.8, 4) is 0 Å². The van der Waals surface area contributed by atoms with Crippen LogP contribution in [0.5, 0.6) is 0 Å². The van der Waals surface area contributed by atoms with Crippen LogP contribution in [0.3, 0.4) is 0 Å². The molecule has 0 aromatic carbocycles. The molecule has 8 atom stereocenters. The van der Waals surface area contributed by atoms with E-state index < -0.39 is 0 Å². The monoisotopic (exact) mass is 316 g/mol. The van der Waals surface area contributed by atoms with Crippen LogP contribution in [0, 0.1) is 34.5 Å². The van der Waals surface area contributed by atoms with Crippen LogP contribution in [0.2, 0.25) is 0 Å². The highest BCUT2D eigenvalue weighted by atomic mass is 16.6. The largest absolute Gasteiger partial charge is 0.370 e. The van der Waals surface area contributed by atoms with Gasteiger partial charge >= 0.3 is 0 Å². The van der Waals surface area contributed by atoms with Crippen LogP contribution in [0.25, 0.3) is 0 Å². The van der Waals surface area contributed by atoms with E-state index in [2.05, 4.69) is 13.8 Å². The number of ether oxygens (including phenoxy) is 2. The second-order valence-electron chi connectivity index (χ2n) is 10.6. The summed E-state index contributed by atoms with van der Waals surface area (Å²) in [6, 6.07) is 0. The summed E-state index contributed by atoms with van der Waals surface area (Å²) in [7, 11) is 0. The molecule has 0 aromatic heterocycles. The number of fused-ring (bicyclic) bond motifs is 6. The molecule has 128 valence electrons. The van der Waals surface area contributed by atoms with Gasteiger partial charge in [0.2, 0.25) is 0 Å². The van der Waals surface area contributed by atoms with E-state index in [9.17, 15) is 0 Å². The maximum absolute atomic E-state index is 6.06. The first-order valence-electron chi connectivity index (χ1n) is 10.3. The summed E-state index contributed by atoms with van der Waals surface area (Å²) in [5, 5.41) is 0. The molecule has 2 heteroatoms. The maximum Gasteiger partial charge on any atom is 0.0972 e. The lowest BCUT2D eigenvalue weighted by Gasteiger charge is -2.60. The first-order chi connectivity index (χ1) is 11.0. The van der Waals surface area contributed by atoms with Crippen LogP contribution >= 0.6 is 0 Å². The summed E-state index contributed by atoms with van der Waals surface area (Å²) in [6.07, 6.45) is 12.8. The molecule has 2 spiro atoms. The van der Waals surface area contributed by atoms with Crippen molar-refractivity contribution in [2.24, 2.45) is 34.5 Å². The Kier molecular flexibility index (Phi) is 2.46. The maximum atomic E-state index is 6.06. The fourth-order valence-electron chi connectivity index (χ4n) is 8.33. The molecule has 4 saturated carbocycles. The van der Waals surface area contributed by atoms with Gasteiger partial charge in [-0.25, -0.2) is 0 Å². The van der Waals surface area contributed by atoms with Gasteiger partial charge in [0.05, 0.1) is 24.4 Å². The van der Waals surface area contributed by atoms with E-state index in [4.69, 9.17) is 9.47 Å². The average Bonchev–Trinajstić information content (AvgIpc) is 3.43. The van der Waals surface area contributed by atoms with E-state index in [1.165, 1.54) is 57.8 Å². The third-order valence-corrected chi connectivity index (χ3v) is 10.1. The van der Waals surface area contributed by atoms with Crippen molar-refractivity contribution in [1.29, 1.82) is 0 Å². The SMILES string of the molecule is C[C@]12CCC3(CO3)C[C@@H]1CC[C@@H]1[C@@H]2CC[C@@]2(C)[C@H]1CCC21CO1. The minimum atomic E-state index is 0.318. The summed E-state index contributed by atoms with van der Waals surface area (Å²) in [5.74, 6) is 3.88. The summed E-state index contributed by atoms with van der Waals surface area (Å²) >= 11 is 0. The van der Waals surface area contributed by atoms with Crippen LogP contribution < -0.4 is 0 Å². The van der Waals surface area contributed by atoms with E-state index in [0.29, 0.717) is 22.0 Å². The molecular formula is C21H32O2. The highest BCUT2D eigenvalue weighted by molar-refractivity contribution is 5.19. The molecular weight excluding hydrogens is 284 g/mol. The quantitative estimate of drug-likeness (QED) is 0.612. The molecule has 0 radical (unpaired) electrons. The van der Waals surface area contributed by atoms with Crippen LogP contribution in [0.4, 0.5) is 0 Å². The topological polar surface area (TPSA) is 25.1 Å². The average molecular weight is 316 g/mol. The second kappa shape index (κ2) is 4.01. The van der Waals surface area contributed by atoms with Gasteiger partial charge in [-0.05, 0) is 86.9 Å². The fraction of sp³-hybridized carbons (Fsp3) is 1.00. The van der Waals surface area contributed by atoms with Gasteiger partial charge < -0.3 is 9.47 Å². The molecule has 2 nitrogen and oxygen atoms in total. The Morgan fingerprint density at radius 1 is 0.783 bits per heavy atom. The van der Waals surface area contributed by atoms with Crippen molar-refractivity contribution < 1.29 is 9.47 Å². The molecule has 4 aliphatic carbocycles. The number of hydrogen-bond acceptors (Lipinski definition) is 2. The molecule has 2 unspecified atom stereocenters. The summed E-state index contributed by atoms with van der Waals surface area (Å²) < 4.78 is 11.9. The highest BCUT2D eigenvalue weighted by Gasteiger charge is 2.70. The second-order valence-corrected chi connectivity index (χ2v) is 10.6. The van der Waals surface area contributed by atoms with Crippen molar-refractivity contribution in [2.75, 3.05) is 13.2 Å². The van der Waals surface area contributed by atoms with Crippen LogP contribution in [-0.4, -0.2) is 24.4 Å². The third kappa shape index (κ3) is 1.59. The van der Waals surface area contributed by atoms with E-state index >= 15 is 0 Å². The standard InChI is InChI=1S/C21H32O2/c1-18-9-10-20(12-22-20)11-14(18)3-4-15-16(18)5-7-19(2)17(15)6-8-21(19)13-23-21/h14-17H,3-13H2,1-2H3/t14-,15+,16-,17-,18-,19-,20?,21?/m0/s1. The van der Waals surface area contributed by atoms with Gasteiger partial charge in [-0.2, -0.15) is 0 Å². The Labute approximate surface area is 140 Å². The lowest BCUT2D eigenvalue weighted by molar-refractivity contribution is -0.122. The van der Waals surface area contributed by atoms with Gasteiger partial charge in [0.15, 0.2) is 0 Å². The molecule has 6 fully saturated rings. The predicted octanol–water partition coefficient (Wildman–Crippen LogP) is 4.57. The smallest absolute Gasteiger partial charge is 0.0972 e. The van der Waals surface area contributed by atoms with Crippen molar-refractivity contribution in [3.63, 3.8) is 0 Å². The number of epoxide rings is 2. The fourth-order valence-corrected chi connectivity index (χ4v) is 8.33. The zero-order valence-corrected chi connectivity index (χ0v) is 14.9. The summed E-state index contributed by atoms with van der Waals surface area (Å²) in [4.78, 5) is 0. The minimum absolute atomic E-state index is 0.318. The molecule has 6 aliphatic rings. The Morgan fingerprint density at radius 3 is 2.30 bits per heavy atom. The Hall–Kier alpha value is -0.0800. The molecule has 0 aromatic rings. The number of hydrogen-bond donors (Lipinski definition) is 0. The van der Waals surface area contributed by atoms with Gasteiger partial charge in [0.25, 0.3) is 0 Å². The zero-order chi connectivity index (χ0) is 15.5. The summed E-state index contributed by atoms with van der Waals surface area (Å²) in [5.41, 5.74) is 1.78. The van der Waals surface area contributed by atoms with Gasteiger partial charge in [0.1, 0.15) is 0 Å². The normalized spacial score (nSPS) is 66.0.